The first-order valence-electron chi connectivity index (χ1n) is 9.30. The fourth-order valence-electron chi connectivity index (χ4n) is 3.91. The summed E-state index contributed by atoms with van der Waals surface area (Å²) in [6, 6.07) is 17.7. The number of likely N-dealkylation sites (tertiary alicyclic amines) is 1. The van der Waals surface area contributed by atoms with Crippen molar-refractivity contribution in [2.24, 2.45) is 4.99 Å². The van der Waals surface area contributed by atoms with Crippen LogP contribution in [0.3, 0.4) is 0 Å². The van der Waals surface area contributed by atoms with Gasteiger partial charge in [0.05, 0.1) is 0 Å². The van der Waals surface area contributed by atoms with Crippen molar-refractivity contribution in [1.29, 1.82) is 0 Å². The van der Waals surface area contributed by atoms with Gasteiger partial charge in [0.25, 0.3) is 5.91 Å². The number of thiocarbonyl (C=S) groups is 1. The van der Waals surface area contributed by atoms with Crippen molar-refractivity contribution in [3.8, 4) is 0 Å². The monoisotopic (exact) mass is 377 g/mol. The van der Waals surface area contributed by atoms with E-state index in [0.29, 0.717) is 10.6 Å². The quantitative estimate of drug-likeness (QED) is 0.749. The number of aryl methyl sites for hydroxylation is 1. The van der Waals surface area contributed by atoms with Gasteiger partial charge in [-0.25, -0.2) is 0 Å². The molecule has 0 N–H and O–H groups in total. The standard InChI is InChI=1S/C22H23N3OS/c1-16-8-6-7-11-18(16)20(26)25-21(27)19(17-9-4-3-5-10-17)23-22(25)12-14-24(2)15-13-22/h3-11H,12-15H2,1-2H3. The van der Waals surface area contributed by atoms with Gasteiger partial charge in [0.15, 0.2) is 0 Å². The van der Waals surface area contributed by atoms with Crippen molar-refractivity contribution < 1.29 is 4.79 Å². The normalized spacial score (nSPS) is 19.4. The summed E-state index contributed by atoms with van der Waals surface area (Å²) in [7, 11) is 2.11. The van der Waals surface area contributed by atoms with Crippen LogP contribution >= 0.6 is 12.2 Å². The molecule has 1 saturated heterocycles. The lowest BCUT2D eigenvalue weighted by molar-refractivity contribution is 0.0570. The van der Waals surface area contributed by atoms with Crippen molar-refractivity contribution in [3.63, 3.8) is 0 Å². The van der Waals surface area contributed by atoms with Gasteiger partial charge in [-0.2, -0.15) is 0 Å². The predicted molar refractivity (Wildman–Crippen MR) is 112 cm³/mol. The lowest BCUT2D eigenvalue weighted by Gasteiger charge is -2.41. The number of amides is 1. The molecule has 0 atom stereocenters. The second-order valence-electron chi connectivity index (χ2n) is 7.37. The SMILES string of the molecule is Cc1ccccc1C(=O)N1C(=S)C(c2ccccc2)=NC12CCN(C)CC2. The van der Waals surface area contributed by atoms with Crippen LogP contribution in [0.2, 0.25) is 0 Å². The largest absolute Gasteiger partial charge is 0.306 e. The van der Waals surface area contributed by atoms with E-state index in [2.05, 4.69) is 11.9 Å². The number of carbonyl (C=O) groups excluding carboxylic acids is 1. The van der Waals surface area contributed by atoms with E-state index in [-0.39, 0.29) is 5.91 Å². The van der Waals surface area contributed by atoms with E-state index in [9.17, 15) is 4.79 Å². The molecule has 0 bridgehead atoms. The van der Waals surface area contributed by atoms with Crippen molar-refractivity contribution in [1.82, 2.24) is 9.80 Å². The number of benzene rings is 2. The first-order chi connectivity index (χ1) is 13.0. The number of carbonyl (C=O) groups is 1. The lowest BCUT2D eigenvalue weighted by atomic mass is 9.95. The molecule has 5 heteroatoms. The number of hydrogen-bond donors (Lipinski definition) is 0. The molecule has 0 saturated carbocycles. The topological polar surface area (TPSA) is 35.9 Å². The Morgan fingerprint density at radius 2 is 1.67 bits per heavy atom. The number of aliphatic imine (C=N–C) groups is 1. The summed E-state index contributed by atoms with van der Waals surface area (Å²) in [5.41, 5.74) is 2.82. The summed E-state index contributed by atoms with van der Waals surface area (Å²) in [6.07, 6.45) is 1.58. The highest BCUT2D eigenvalue weighted by Gasteiger charge is 2.49. The van der Waals surface area contributed by atoms with Crippen molar-refractivity contribution in [2.75, 3.05) is 20.1 Å². The summed E-state index contributed by atoms with van der Waals surface area (Å²) in [5, 5.41) is 0. The molecule has 2 aromatic rings. The molecule has 1 fully saturated rings. The Morgan fingerprint density at radius 1 is 1.04 bits per heavy atom. The van der Waals surface area contributed by atoms with Crippen LogP contribution < -0.4 is 0 Å². The van der Waals surface area contributed by atoms with Gasteiger partial charge in [-0.05, 0) is 25.6 Å². The number of rotatable bonds is 2. The van der Waals surface area contributed by atoms with Gasteiger partial charge >= 0.3 is 0 Å². The molecule has 2 aliphatic heterocycles. The summed E-state index contributed by atoms with van der Waals surface area (Å²) in [4.78, 5) is 23.2. The van der Waals surface area contributed by atoms with E-state index in [1.807, 2.05) is 61.5 Å². The zero-order chi connectivity index (χ0) is 19.0. The van der Waals surface area contributed by atoms with Gasteiger partial charge < -0.3 is 4.90 Å². The lowest BCUT2D eigenvalue weighted by Crippen LogP contribution is -2.55. The van der Waals surface area contributed by atoms with Crippen LogP contribution in [0, 0.1) is 6.92 Å². The summed E-state index contributed by atoms with van der Waals surface area (Å²) < 4.78 is 0. The van der Waals surface area contributed by atoms with E-state index in [1.54, 1.807) is 4.90 Å². The fourth-order valence-corrected chi connectivity index (χ4v) is 4.33. The minimum Gasteiger partial charge on any atom is -0.306 e. The van der Waals surface area contributed by atoms with E-state index in [1.165, 1.54) is 0 Å². The molecule has 4 rings (SSSR count). The van der Waals surface area contributed by atoms with Crippen LogP contribution in [0.25, 0.3) is 0 Å². The Bertz CT molecular complexity index is 914. The third-order valence-corrected chi connectivity index (χ3v) is 5.93. The highest BCUT2D eigenvalue weighted by Crippen LogP contribution is 2.38. The third kappa shape index (κ3) is 3.11. The molecule has 2 aliphatic rings. The molecule has 0 aromatic heterocycles. The highest BCUT2D eigenvalue weighted by atomic mass is 32.1. The van der Waals surface area contributed by atoms with Gasteiger partial charge in [-0.3, -0.25) is 14.7 Å². The van der Waals surface area contributed by atoms with Gasteiger partial charge in [0, 0.05) is 37.1 Å². The Morgan fingerprint density at radius 3 is 2.33 bits per heavy atom. The maximum Gasteiger partial charge on any atom is 0.261 e. The van der Waals surface area contributed by atoms with Crippen LogP contribution in [0.15, 0.2) is 59.6 Å². The summed E-state index contributed by atoms with van der Waals surface area (Å²) in [6.45, 7) is 3.75. The first kappa shape index (κ1) is 18.0. The maximum absolute atomic E-state index is 13.6. The Hall–Kier alpha value is -2.37. The van der Waals surface area contributed by atoms with Gasteiger partial charge in [-0.15, -0.1) is 0 Å². The molecule has 4 nitrogen and oxygen atoms in total. The van der Waals surface area contributed by atoms with Crippen molar-refractivity contribution >= 4 is 28.8 Å². The number of piperidine rings is 1. The molecular weight excluding hydrogens is 354 g/mol. The van der Waals surface area contributed by atoms with Crippen LogP contribution in [-0.4, -0.2) is 52.2 Å². The molecular formula is C22H23N3OS. The smallest absolute Gasteiger partial charge is 0.261 e. The molecule has 1 spiro atoms. The Labute approximate surface area is 165 Å². The first-order valence-corrected chi connectivity index (χ1v) is 9.71. The second kappa shape index (κ2) is 6.98. The summed E-state index contributed by atoms with van der Waals surface area (Å²) >= 11 is 5.81. The molecule has 1 amide bonds. The maximum atomic E-state index is 13.6. The van der Waals surface area contributed by atoms with E-state index < -0.39 is 5.66 Å². The predicted octanol–water partition coefficient (Wildman–Crippen LogP) is 3.69. The van der Waals surface area contributed by atoms with Gasteiger partial charge in [-0.1, -0.05) is 60.7 Å². The van der Waals surface area contributed by atoms with Crippen molar-refractivity contribution in [2.45, 2.75) is 25.4 Å². The Kier molecular flexibility index (Phi) is 4.66. The molecule has 27 heavy (non-hydrogen) atoms. The average Bonchev–Trinajstić information content (AvgIpc) is 2.97. The fraction of sp³-hybridized carbons (Fsp3) is 0.318. The minimum absolute atomic E-state index is 0.0441. The minimum atomic E-state index is -0.575. The van der Waals surface area contributed by atoms with Crippen LogP contribution in [0.4, 0.5) is 0 Å². The second-order valence-corrected chi connectivity index (χ2v) is 7.76. The molecule has 0 radical (unpaired) electrons. The van der Waals surface area contributed by atoms with Crippen LogP contribution in [0.1, 0.15) is 34.3 Å². The summed E-state index contributed by atoms with van der Waals surface area (Å²) in [5.74, 6) is -0.0441. The third-order valence-electron chi connectivity index (χ3n) is 5.56. The molecule has 0 aliphatic carbocycles. The zero-order valence-corrected chi connectivity index (χ0v) is 16.5. The van der Waals surface area contributed by atoms with E-state index in [0.717, 1.165) is 42.8 Å². The van der Waals surface area contributed by atoms with Crippen LogP contribution in [-0.2, 0) is 0 Å². The average molecular weight is 378 g/mol. The molecule has 2 heterocycles. The molecule has 138 valence electrons. The van der Waals surface area contributed by atoms with E-state index >= 15 is 0 Å². The Balaban J connectivity index is 1.79. The van der Waals surface area contributed by atoms with Crippen molar-refractivity contribution in [3.05, 3.63) is 71.3 Å². The number of hydrogen-bond acceptors (Lipinski definition) is 4. The molecule has 2 aromatic carbocycles. The number of nitrogens with zero attached hydrogens (tertiary/aromatic N) is 3. The van der Waals surface area contributed by atoms with Crippen LogP contribution in [0.5, 0.6) is 0 Å². The highest BCUT2D eigenvalue weighted by molar-refractivity contribution is 7.82. The molecule has 0 unspecified atom stereocenters. The van der Waals surface area contributed by atoms with E-state index in [4.69, 9.17) is 17.2 Å². The van der Waals surface area contributed by atoms with Gasteiger partial charge in [0.2, 0.25) is 0 Å². The van der Waals surface area contributed by atoms with Gasteiger partial charge in [0.1, 0.15) is 16.4 Å². The zero-order valence-electron chi connectivity index (χ0n) is 15.7.